The van der Waals surface area contributed by atoms with E-state index in [1.807, 2.05) is 12.1 Å². The van der Waals surface area contributed by atoms with Crippen LogP contribution in [0.25, 0.3) is 11.5 Å². The fraction of sp³-hybridized carbons (Fsp3) is 0.385. The minimum absolute atomic E-state index is 0. The monoisotopic (exact) mass is 381 g/mol. The SMILES string of the molecule is COCCCN=CNc1sc(N)nc1-c1ccc(CN)o1.Cl.Cl. The molecule has 7 nitrogen and oxygen atoms in total. The summed E-state index contributed by atoms with van der Waals surface area (Å²) in [6, 6.07) is 3.66. The molecule has 0 spiro atoms. The first-order valence-electron chi connectivity index (χ1n) is 6.53. The molecular formula is C13H21Cl2N5O2S. The van der Waals surface area contributed by atoms with E-state index in [0.29, 0.717) is 42.0 Å². The lowest BCUT2D eigenvalue weighted by molar-refractivity contribution is 0.197. The smallest absolute Gasteiger partial charge is 0.182 e. The zero-order valence-corrected chi connectivity index (χ0v) is 15.1. The number of anilines is 2. The van der Waals surface area contributed by atoms with Crippen LogP contribution in [0.4, 0.5) is 10.1 Å². The Labute approximate surface area is 151 Å². The van der Waals surface area contributed by atoms with Crippen LogP contribution in [0.15, 0.2) is 21.5 Å². The van der Waals surface area contributed by atoms with Gasteiger partial charge in [-0.2, -0.15) is 0 Å². The molecule has 2 aromatic rings. The molecule has 0 aromatic carbocycles. The summed E-state index contributed by atoms with van der Waals surface area (Å²) in [6.07, 6.45) is 2.52. The lowest BCUT2D eigenvalue weighted by Crippen LogP contribution is -1.97. The topological polar surface area (TPSA) is 112 Å². The normalized spacial score (nSPS) is 10.3. The molecule has 0 unspecified atom stereocenters. The Kier molecular flexibility index (Phi) is 10.6. The molecule has 0 atom stereocenters. The largest absolute Gasteiger partial charge is 0.458 e. The van der Waals surface area contributed by atoms with E-state index in [9.17, 15) is 0 Å². The fourth-order valence-electron chi connectivity index (χ4n) is 1.69. The number of methoxy groups -OCH3 is 1. The van der Waals surface area contributed by atoms with E-state index >= 15 is 0 Å². The molecule has 2 rings (SSSR count). The summed E-state index contributed by atoms with van der Waals surface area (Å²) >= 11 is 1.34. The zero-order valence-electron chi connectivity index (χ0n) is 12.7. The van der Waals surface area contributed by atoms with Gasteiger partial charge in [0, 0.05) is 20.3 Å². The first-order chi connectivity index (χ1) is 10.2. The number of nitrogen functional groups attached to an aromatic ring is 1. The Morgan fingerprint density at radius 1 is 1.43 bits per heavy atom. The Bertz CT molecular complexity index is 603. The zero-order chi connectivity index (χ0) is 15.1. The second kappa shape index (κ2) is 11.3. The van der Waals surface area contributed by atoms with E-state index in [1.165, 1.54) is 11.3 Å². The van der Waals surface area contributed by atoms with E-state index in [4.69, 9.17) is 20.6 Å². The maximum absolute atomic E-state index is 5.77. The summed E-state index contributed by atoms with van der Waals surface area (Å²) < 4.78 is 10.6. The molecule has 10 heteroatoms. The first-order valence-corrected chi connectivity index (χ1v) is 7.35. The maximum atomic E-state index is 5.77. The molecule has 0 bridgehead atoms. The predicted molar refractivity (Wildman–Crippen MR) is 100 cm³/mol. The maximum Gasteiger partial charge on any atom is 0.182 e. The number of rotatable bonds is 8. The number of aromatic nitrogens is 1. The number of aliphatic imine (C=N–C) groups is 1. The summed E-state index contributed by atoms with van der Waals surface area (Å²) in [5.41, 5.74) is 12.0. The molecule has 0 saturated heterocycles. The van der Waals surface area contributed by atoms with Gasteiger partial charge in [0.15, 0.2) is 10.9 Å². The average molecular weight is 382 g/mol. The average Bonchev–Trinajstić information content (AvgIpc) is 3.09. The van der Waals surface area contributed by atoms with Crippen molar-refractivity contribution >= 4 is 52.6 Å². The fourth-order valence-corrected chi connectivity index (χ4v) is 2.39. The van der Waals surface area contributed by atoms with Crippen LogP contribution < -0.4 is 16.8 Å². The second-order valence-electron chi connectivity index (χ2n) is 4.23. The highest BCUT2D eigenvalue weighted by atomic mass is 35.5. The molecule has 0 saturated carbocycles. The van der Waals surface area contributed by atoms with E-state index < -0.39 is 0 Å². The lowest BCUT2D eigenvalue weighted by Gasteiger charge is -1.99. The van der Waals surface area contributed by atoms with Gasteiger partial charge in [0.25, 0.3) is 0 Å². The summed E-state index contributed by atoms with van der Waals surface area (Å²) in [6.45, 7) is 1.75. The van der Waals surface area contributed by atoms with Crippen LogP contribution in [-0.2, 0) is 11.3 Å². The highest BCUT2D eigenvalue weighted by molar-refractivity contribution is 7.20. The Morgan fingerprint density at radius 3 is 2.87 bits per heavy atom. The lowest BCUT2D eigenvalue weighted by atomic mass is 10.3. The standard InChI is InChI=1S/C13H19N5O2S.2ClH/c1-19-6-2-5-16-8-17-12-11(18-13(15)21-12)10-4-3-9(7-14)20-10;;/h3-4,8H,2,5-7,14H2,1H3,(H2,15,18)(H,16,17);2*1H. The molecule has 0 radical (unpaired) electrons. The molecule has 0 fully saturated rings. The number of halogens is 2. The third kappa shape index (κ3) is 6.36. The Hall–Kier alpha value is -1.32. The summed E-state index contributed by atoms with van der Waals surface area (Å²) in [4.78, 5) is 8.52. The highest BCUT2D eigenvalue weighted by Gasteiger charge is 2.14. The predicted octanol–water partition coefficient (Wildman–Crippen LogP) is 2.76. The van der Waals surface area contributed by atoms with Crippen molar-refractivity contribution < 1.29 is 9.15 Å². The van der Waals surface area contributed by atoms with Crippen LogP contribution >= 0.6 is 36.2 Å². The van der Waals surface area contributed by atoms with Crippen molar-refractivity contribution in [2.75, 3.05) is 31.3 Å². The molecule has 23 heavy (non-hydrogen) atoms. The van der Waals surface area contributed by atoms with Crippen LogP contribution in [0.1, 0.15) is 12.2 Å². The number of nitrogens with one attached hydrogen (secondary N) is 1. The summed E-state index contributed by atoms with van der Waals surface area (Å²) in [5, 5.41) is 4.35. The second-order valence-corrected chi connectivity index (χ2v) is 5.26. The van der Waals surface area contributed by atoms with Gasteiger partial charge in [0.05, 0.1) is 12.9 Å². The van der Waals surface area contributed by atoms with Crippen molar-refractivity contribution in [3.8, 4) is 11.5 Å². The Balaban J connectivity index is 0.00000242. The number of furan rings is 1. The van der Waals surface area contributed by atoms with Crippen molar-refractivity contribution in [2.45, 2.75) is 13.0 Å². The van der Waals surface area contributed by atoms with Gasteiger partial charge < -0.3 is 25.9 Å². The summed E-state index contributed by atoms with van der Waals surface area (Å²) in [7, 11) is 1.67. The number of ether oxygens (including phenoxy) is 1. The third-order valence-electron chi connectivity index (χ3n) is 2.66. The highest BCUT2D eigenvalue weighted by Crippen LogP contribution is 2.34. The van der Waals surface area contributed by atoms with E-state index in [0.717, 1.165) is 11.4 Å². The van der Waals surface area contributed by atoms with Crippen molar-refractivity contribution in [2.24, 2.45) is 10.7 Å². The molecule has 0 aliphatic rings. The molecular weight excluding hydrogens is 361 g/mol. The number of nitrogens with zero attached hydrogens (tertiary/aromatic N) is 2. The van der Waals surface area contributed by atoms with Gasteiger partial charge in [-0.1, -0.05) is 11.3 Å². The minimum atomic E-state index is 0. The summed E-state index contributed by atoms with van der Waals surface area (Å²) in [5.74, 6) is 1.34. The van der Waals surface area contributed by atoms with Gasteiger partial charge in [0.2, 0.25) is 0 Å². The Morgan fingerprint density at radius 2 is 2.22 bits per heavy atom. The van der Waals surface area contributed by atoms with Gasteiger partial charge in [-0.25, -0.2) is 4.98 Å². The number of thiazole rings is 1. The minimum Gasteiger partial charge on any atom is -0.458 e. The van der Waals surface area contributed by atoms with E-state index in [1.54, 1.807) is 13.4 Å². The number of nitrogens with two attached hydrogens (primary N) is 2. The molecule has 0 amide bonds. The van der Waals surface area contributed by atoms with Crippen LogP contribution in [0.3, 0.4) is 0 Å². The van der Waals surface area contributed by atoms with E-state index in [2.05, 4.69) is 15.3 Å². The van der Waals surface area contributed by atoms with Crippen molar-refractivity contribution in [3.05, 3.63) is 17.9 Å². The number of hydrogen-bond donors (Lipinski definition) is 3. The van der Waals surface area contributed by atoms with E-state index in [-0.39, 0.29) is 24.8 Å². The first kappa shape index (κ1) is 21.7. The van der Waals surface area contributed by atoms with Crippen molar-refractivity contribution in [1.29, 1.82) is 0 Å². The van der Waals surface area contributed by atoms with Crippen LogP contribution in [0.5, 0.6) is 0 Å². The van der Waals surface area contributed by atoms with Crippen molar-refractivity contribution in [1.82, 2.24) is 4.98 Å². The molecule has 0 aliphatic heterocycles. The van der Waals surface area contributed by atoms with Gasteiger partial charge in [-0.05, 0) is 18.6 Å². The molecule has 130 valence electrons. The molecule has 0 aliphatic carbocycles. The van der Waals surface area contributed by atoms with Crippen LogP contribution in [0, 0.1) is 0 Å². The number of hydrogen-bond acceptors (Lipinski definition) is 7. The quantitative estimate of drug-likeness (QED) is 0.368. The third-order valence-corrected chi connectivity index (χ3v) is 3.48. The van der Waals surface area contributed by atoms with Gasteiger partial charge >= 0.3 is 0 Å². The van der Waals surface area contributed by atoms with Crippen molar-refractivity contribution in [3.63, 3.8) is 0 Å². The van der Waals surface area contributed by atoms with Gasteiger partial charge in [-0.3, -0.25) is 4.99 Å². The van der Waals surface area contributed by atoms with Gasteiger partial charge in [-0.15, -0.1) is 24.8 Å². The molecule has 5 N–H and O–H groups in total. The molecule has 2 heterocycles. The van der Waals surface area contributed by atoms with Crippen LogP contribution in [-0.4, -0.2) is 31.6 Å². The molecule has 2 aromatic heterocycles. The van der Waals surface area contributed by atoms with Crippen LogP contribution in [0.2, 0.25) is 0 Å². The van der Waals surface area contributed by atoms with Gasteiger partial charge in [0.1, 0.15) is 16.5 Å².